The van der Waals surface area contributed by atoms with Gasteiger partial charge in [-0.1, -0.05) is 18.2 Å². The Bertz CT molecular complexity index is 350. The van der Waals surface area contributed by atoms with E-state index < -0.39 is 13.7 Å². The second kappa shape index (κ2) is 7.49. The highest BCUT2D eigenvalue weighted by molar-refractivity contribution is 7.78. The van der Waals surface area contributed by atoms with E-state index in [0.717, 1.165) is 0 Å². The van der Waals surface area contributed by atoms with Gasteiger partial charge in [0.2, 0.25) is 0 Å². The molecular weight excluding hydrogens is 261 g/mol. The van der Waals surface area contributed by atoms with E-state index in [1.165, 1.54) is 0 Å². The summed E-state index contributed by atoms with van der Waals surface area (Å²) in [6.07, 6.45) is 0. The fraction of sp³-hybridized carbons (Fsp3) is 0.364. The van der Waals surface area contributed by atoms with Crippen molar-refractivity contribution in [1.82, 2.24) is 5.09 Å². The van der Waals surface area contributed by atoms with Crippen molar-refractivity contribution < 1.29 is 14.1 Å². The van der Waals surface area contributed by atoms with Crippen LogP contribution in [-0.2, 0) is 9.53 Å². The van der Waals surface area contributed by atoms with Crippen molar-refractivity contribution in [3.8, 4) is 5.75 Å². The number of benzene rings is 1. The van der Waals surface area contributed by atoms with Gasteiger partial charge >= 0.3 is 5.97 Å². The second-order valence-electron chi connectivity index (χ2n) is 3.25. The molecule has 2 atom stereocenters. The molecule has 0 aliphatic heterocycles. The number of esters is 1. The van der Waals surface area contributed by atoms with Crippen LogP contribution < -0.4 is 9.61 Å². The number of nitrogens with one attached hydrogen (secondary N) is 1. The third-order valence-corrected chi connectivity index (χ3v) is 3.33. The lowest BCUT2D eigenvalue weighted by molar-refractivity contribution is -0.144. The molecule has 4 nitrogen and oxygen atoms in total. The van der Waals surface area contributed by atoms with E-state index in [1.807, 2.05) is 18.2 Å². The molecule has 0 saturated heterocycles. The summed E-state index contributed by atoms with van der Waals surface area (Å²) in [6.45, 7) is 3.79. The lowest BCUT2D eigenvalue weighted by Gasteiger charge is -2.16. The van der Waals surface area contributed by atoms with E-state index in [4.69, 9.17) is 20.5 Å². The molecular formula is C11H15ClNO3P. The predicted octanol–water partition coefficient (Wildman–Crippen LogP) is 3.07. The first-order valence-electron chi connectivity index (χ1n) is 5.25. The van der Waals surface area contributed by atoms with Gasteiger partial charge < -0.3 is 9.26 Å². The summed E-state index contributed by atoms with van der Waals surface area (Å²) in [5, 5.41) is 2.85. The summed E-state index contributed by atoms with van der Waals surface area (Å²) < 4.78 is 10.3. The number of hydrogen-bond donors (Lipinski definition) is 1. The third-order valence-electron chi connectivity index (χ3n) is 1.86. The van der Waals surface area contributed by atoms with Crippen molar-refractivity contribution in [2.24, 2.45) is 0 Å². The topological polar surface area (TPSA) is 47.6 Å². The maximum absolute atomic E-state index is 11.3. The Hall–Kier alpha value is -0.830. The Morgan fingerprint density at radius 3 is 2.71 bits per heavy atom. The molecule has 1 aromatic carbocycles. The van der Waals surface area contributed by atoms with Gasteiger partial charge in [-0.15, -0.1) is 0 Å². The first kappa shape index (κ1) is 14.2. The van der Waals surface area contributed by atoms with Gasteiger partial charge in [0.1, 0.15) is 11.8 Å². The fourth-order valence-electron chi connectivity index (χ4n) is 1.07. The number of rotatable bonds is 6. The van der Waals surface area contributed by atoms with Crippen LogP contribution in [0.25, 0.3) is 0 Å². The average Bonchev–Trinajstić information content (AvgIpc) is 2.30. The predicted molar refractivity (Wildman–Crippen MR) is 69.1 cm³/mol. The van der Waals surface area contributed by atoms with Crippen molar-refractivity contribution in [3.63, 3.8) is 0 Å². The van der Waals surface area contributed by atoms with Crippen LogP contribution in [0.5, 0.6) is 5.75 Å². The van der Waals surface area contributed by atoms with E-state index in [-0.39, 0.29) is 5.97 Å². The Kier molecular flexibility index (Phi) is 6.27. The molecule has 6 heteroatoms. The van der Waals surface area contributed by atoms with E-state index in [9.17, 15) is 4.79 Å². The Balaban J connectivity index is 2.39. The lowest BCUT2D eigenvalue weighted by atomic mass is 10.3. The van der Waals surface area contributed by atoms with Crippen LogP contribution in [-0.4, -0.2) is 18.6 Å². The summed E-state index contributed by atoms with van der Waals surface area (Å²) in [6, 6.07) is 8.71. The maximum Gasteiger partial charge on any atom is 0.323 e. The van der Waals surface area contributed by atoms with E-state index in [0.29, 0.717) is 12.4 Å². The molecule has 0 fully saturated rings. The highest BCUT2D eigenvalue weighted by Crippen LogP contribution is 2.39. The zero-order valence-electron chi connectivity index (χ0n) is 9.72. The van der Waals surface area contributed by atoms with Crippen molar-refractivity contribution in [3.05, 3.63) is 30.3 Å². The first-order chi connectivity index (χ1) is 8.13. The van der Waals surface area contributed by atoms with Gasteiger partial charge in [0, 0.05) is 0 Å². The molecule has 0 amide bonds. The van der Waals surface area contributed by atoms with Crippen LogP contribution >= 0.6 is 18.9 Å². The molecule has 17 heavy (non-hydrogen) atoms. The minimum Gasteiger partial charge on any atom is -0.465 e. The number of ether oxygens (including phenoxy) is 1. The molecule has 0 radical (unpaired) electrons. The van der Waals surface area contributed by atoms with Gasteiger partial charge in [-0.2, -0.15) is 0 Å². The van der Waals surface area contributed by atoms with E-state index in [1.54, 1.807) is 26.0 Å². The zero-order valence-corrected chi connectivity index (χ0v) is 11.4. The Morgan fingerprint density at radius 1 is 1.47 bits per heavy atom. The maximum atomic E-state index is 11.3. The van der Waals surface area contributed by atoms with Gasteiger partial charge in [-0.05, 0) is 37.2 Å². The van der Waals surface area contributed by atoms with Crippen molar-refractivity contribution in [2.45, 2.75) is 19.9 Å². The van der Waals surface area contributed by atoms with Gasteiger partial charge in [-0.3, -0.25) is 4.79 Å². The molecule has 0 bridgehead atoms. The molecule has 0 spiro atoms. The van der Waals surface area contributed by atoms with Crippen molar-refractivity contribution in [2.75, 3.05) is 6.61 Å². The second-order valence-corrected chi connectivity index (χ2v) is 5.10. The monoisotopic (exact) mass is 275 g/mol. The third kappa shape index (κ3) is 5.35. The van der Waals surface area contributed by atoms with Gasteiger partial charge in [-0.25, -0.2) is 5.09 Å². The van der Waals surface area contributed by atoms with Crippen LogP contribution in [0.1, 0.15) is 13.8 Å². The number of halogens is 1. The van der Waals surface area contributed by atoms with Crippen LogP contribution in [0, 0.1) is 0 Å². The molecule has 1 N–H and O–H groups in total. The summed E-state index contributed by atoms with van der Waals surface area (Å²) >= 11 is 5.98. The summed E-state index contributed by atoms with van der Waals surface area (Å²) in [5.74, 6) is 0.328. The van der Waals surface area contributed by atoms with Gasteiger partial charge in [0.25, 0.3) is 7.65 Å². The fourth-order valence-corrected chi connectivity index (χ4v) is 2.52. The van der Waals surface area contributed by atoms with E-state index >= 15 is 0 Å². The highest BCUT2D eigenvalue weighted by Gasteiger charge is 2.19. The number of hydrogen-bond acceptors (Lipinski definition) is 4. The Labute approximate surface area is 107 Å². The standard InChI is InChI=1S/C11H15ClNO3P/c1-3-15-11(14)9(2)13-17(12)16-10-7-5-4-6-8-10/h4-9,13H,3H2,1-2H3/t9-,17?/m0/s1. The number of carbonyl (C=O) groups is 1. The largest absolute Gasteiger partial charge is 0.465 e. The van der Waals surface area contributed by atoms with Crippen LogP contribution in [0.3, 0.4) is 0 Å². The molecule has 1 rings (SSSR count). The van der Waals surface area contributed by atoms with Crippen molar-refractivity contribution >= 4 is 24.9 Å². The summed E-state index contributed by atoms with van der Waals surface area (Å²) in [4.78, 5) is 11.3. The first-order valence-corrected chi connectivity index (χ1v) is 7.41. The molecule has 1 unspecified atom stereocenters. The minimum atomic E-state index is -1.42. The van der Waals surface area contributed by atoms with Crippen LogP contribution in [0.2, 0.25) is 0 Å². The summed E-state index contributed by atoms with van der Waals surface area (Å²) in [5.41, 5.74) is 0. The highest BCUT2D eigenvalue weighted by atomic mass is 35.7. The smallest absolute Gasteiger partial charge is 0.323 e. The van der Waals surface area contributed by atoms with E-state index in [2.05, 4.69) is 5.09 Å². The average molecular weight is 276 g/mol. The molecule has 94 valence electrons. The van der Waals surface area contributed by atoms with Gasteiger partial charge in [0.05, 0.1) is 6.61 Å². The lowest BCUT2D eigenvalue weighted by Crippen LogP contribution is -2.32. The number of carbonyl (C=O) groups excluding carboxylic acids is 1. The van der Waals surface area contributed by atoms with Crippen molar-refractivity contribution in [1.29, 1.82) is 0 Å². The van der Waals surface area contributed by atoms with Crippen LogP contribution in [0.15, 0.2) is 30.3 Å². The Morgan fingerprint density at radius 2 is 2.12 bits per heavy atom. The summed E-state index contributed by atoms with van der Waals surface area (Å²) in [7, 11) is -1.42. The number of para-hydroxylation sites is 1. The quantitative estimate of drug-likeness (QED) is 0.640. The molecule has 0 aliphatic carbocycles. The zero-order chi connectivity index (χ0) is 12.7. The molecule has 0 aliphatic rings. The molecule has 1 aromatic rings. The minimum absolute atomic E-state index is 0.336. The van der Waals surface area contributed by atoms with Crippen LogP contribution in [0.4, 0.5) is 0 Å². The molecule has 0 heterocycles. The normalized spacial score (nSPS) is 13.8. The molecule has 0 aromatic heterocycles. The van der Waals surface area contributed by atoms with Gasteiger partial charge in [0.15, 0.2) is 0 Å². The molecule has 0 saturated carbocycles. The SMILES string of the molecule is CCOC(=O)[C@H](C)NP(Cl)Oc1ccccc1.